The van der Waals surface area contributed by atoms with Crippen LogP contribution in [0.3, 0.4) is 0 Å². The number of nitrogens with zero attached hydrogens (tertiary/aromatic N) is 2. The first-order chi connectivity index (χ1) is 9.49. The fraction of sp³-hybridized carbons (Fsp3) is 0.571. The molecule has 0 saturated heterocycles. The maximum absolute atomic E-state index is 12.6. The Morgan fingerprint density at radius 2 is 2.15 bits per heavy atom. The van der Waals surface area contributed by atoms with Crippen LogP contribution in [-0.4, -0.2) is 28.4 Å². The quantitative estimate of drug-likeness (QED) is 0.351. The lowest BCUT2D eigenvalue weighted by molar-refractivity contribution is 0.0702. The number of halogens is 1. The van der Waals surface area contributed by atoms with Gasteiger partial charge in [0.1, 0.15) is 11.0 Å². The predicted molar refractivity (Wildman–Crippen MR) is 82.8 cm³/mol. The maximum atomic E-state index is 12.6. The van der Waals surface area contributed by atoms with Gasteiger partial charge in [0.15, 0.2) is 0 Å². The van der Waals surface area contributed by atoms with Crippen LogP contribution in [0.15, 0.2) is 12.1 Å². The number of aromatic nitrogens is 1. The van der Waals surface area contributed by atoms with E-state index in [1.807, 2.05) is 18.7 Å². The minimum absolute atomic E-state index is 0.0445. The lowest BCUT2D eigenvalue weighted by Crippen LogP contribution is -2.37. The second-order valence-corrected chi connectivity index (χ2v) is 5.39. The van der Waals surface area contributed by atoms with Gasteiger partial charge >= 0.3 is 0 Å². The summed E-state index contributed by atoms with van der Waals surface area (Å²) in [5.74, 6) is 5.67. The highest BCUT2D eigenvalue weighted by Gasteiger charge is 2.19. The molecule has 0 fully saturated rings. The van der Waals surface area contributed by atoms with Gasteiger partial charge in [0.2, 0.25) is 0 Å². The number of amides is 1. The summed E-state index contributed by atoms with van der Waals surface area (Å²) in [6.07, 6.45) is 3.24. The number of carbonyl (C=O) groups excluding carboxylic acids is 1. The van der Waals surface area contributed by atoms with Gasteiger partial charge < -0.3 is 10.3 Å². The number of nitrogens with one attached hydrogen (secondary N) is 1. The molecule has 1 amide bonds. The zero-order valence-electron chi connectivity index (χ0n) is 12.3. The van der Waals surface area contributed by atoms with Gasteiger partial charge in [-0.2, -0.15) is 0 Å². The SMILES string of the molecule is CCCCCN(C(=O)c1cc(Cl)nc(NN)c1)C(C)C. The number of nitrogen functional groups attached to an aromatic ring is 1. The number of unbranched alkanes of at least 4 members (excludes halogenated alkanes) is 2. The predicted octanol–water partition coefficient (Wildman–Crippen LogP) is 3.06. The van der Waals surface area contributed by atoms with E-state index in [9.17, 15) is 4.79 Å². The van der Waals surface area contributed by atoms with E-state index in [0.717, 1.165) is 25.8 Å². The molecule has 0 radical (unpaired) electrons. The first-order valence-electron chi connectivity index (χ1n) is 6.94. The van der Waals surface area contributed by atoms with Crippen LogP contribution >= 0.6 is 11.6 Å². The molecule has 0 spiro atoms. The standard InChI is InChI=1S/C14H23ClN4O/c1-4-5-6-7-19(10(2)3)14(20)11-8-12(15)17-13(9-11)18-16/h8-10H,4-7,16H2,1-3H3,(H,17,18). The first kappa shape index (κ1) is 16.7. The van der Waals surface area contributed by atoms with Crippen LogP contribution in [0.4, 0.5) is 5.82 Å². The van der Waals surface area contributed by atoms with E-state index in [-0.39, 0.29) is 17.1 Å². The molecular formula is C14H23ClN4O. The Morgan fingerprint density at radius 1 is 1.45 bits per heavy atom. The van der Waals surface area contributed by atoms with Gasteiger partial charge in [-0.05, 0) is 32.4 Å². The smallest absolute Gasteiger partial charge is 0.254 e. The van der Waals surface area contributed by atoms with Crippen molar-refractivity contribution >= 4 is 23.3 Å². The molecule has 1 rings (SSSR count). The first-order valence-corrected chi connectivity index (χ1v) is 7.32. The highest BCUT2D eigenvalue weighted by Crippen LogP contribution is 2.17. The van der Waals surface area contributed by atoms with Crippen molar-refractivity contribution in [2.45, 2.75) is 46.1 Å². The van der Waals surface area contributed by atoms with Gasteiger partial charge in [-0.25, -0.2) is 10.8 Å². The van der Waals surface area contributed by atoms with E-state index < -0.39 is 0 Å². The van der Waals surface area contributed by atoms with Gasteiger partial charge in [0, 0.05) is 18.2 Å². The van der Waals surface area contributed by atoms with Crippen molar-refractivity contribution in [3.05, 3.63) is 22.8 Å². The number of hydrogen-bond acceptors (Lipinski definition) is 4. The number of rotatable bonds is 7. The van der Waals surface area contributed by atoms with Crippen molar-refractivity contribution in [1.82, 2.24) is 9.88 Å². The average molecular weight is 299 g/mol. The summed E-state index contributed by atoms with van der Waals surface area (Å²) in [7, 11) is 0. The Kier molecular flexibility index (Phi) is 6.75. The molecule has 112 valence electrons. The van der Waals surface area contributed by atoms with Crippen molar-refractivity contribution in [2.75, 3.05) is 12.0 Å². The number of anilines is 1. The third kappa shape index (κ3) is 4.65. The van der Waals surface area contributed by atoms with Crippen molar-refractivity contribution in [1.29, 1.82) is 0 Å². The molecule has 1 aromatic heterocycles. The topological polar surface area (TPSA) is 71.2 Å². The summed E-state index contributed by atoms with van der Waals surface area (Å²) in [6.45, 7) is 6.91. The van der Waals surface area contributed by atoms with Gasteiger partial charge in [0.05, 0.1) is 0 Å². The zero-order valence-corrected chi connectivity index (χ0v) is 13.1. The lowest BCUT2D eigenvalue weighted by atomic mass is 10.1. The molecule has 3 N–H and O–H groups in total. The van der Waals surface area contributed by atoms with Crippen molar-refractivity contribution in [2.24, 2.45) is 5.84 Å². The number of hydrogen-bond donors (Lipinski definition) is 2. The largest absolute Gasteiger partial charge is 0.336 e. The highest BCUT2D eigenvalue weighted by atomic mass is 35.5. The highest BCUT2D eigenvalue weighted by molar-refractivity contribution is 6.29. The van der Waals surface area contributed by atoms with Gasteiger partial charge in [-0.1, -0.05) is 31.4 Å². The number of pyridine rings is 1. The lowest BCUT2D eigenvalue weighted by Gasteiger charge is -2.27. The van der Waals surface area contributed by atoms with Crippen LogP contribution < -0.4 is 11.3 Å². The fourth-order valence-electron chi connectivity index (χ4n) is 1.99. The normalized spacial score (nSPS) is 10.7. The van der Waals surface area contributed by atoms with Crippen LogP contribution in [0.5, 0.6) is 0 Å². The van der Waals surface area contributed by atoms with Crippen LogP contribution in [-0.2, 0) is 0 Å². The monoisotopic (exact) mass is 298 g/mol. The summed E-state index contributed by atoms with van der Waals surface area (Å²) in [5, 5.41) is 0.251. The summed E-state index contributed by atoms with van der Waals surface area (Å²) >= 11 is 5.91. The number of nitrogens with two attached hydrogens (primary N) is 1. The molecule has 6 heteroatoms. The third-order valence-electron chi connectivity index (χ3n) is 3.08. The van der Waals surface area contributed by atoms with Gasteiger partial charge in [-0.3, -0.25) is 4.79 Å². The van der Waals surface area contributed by atoms with Gasteiger partial charge in [-0.15, -0.1) is 0 Å². The van der Waals surface area contributed by atoms with Crippen molar-refractivity contribution in [3.8, 4) is 0 Å². The van der Waals surface area contributed by atoms with E-state index in [0.29, 0.717) is 11.4 Å². The fourth-order valence-corrected chi connectivity index (χ4v) is 2.20. The molecule has 0 atom stereocenters. The van der Waals surface area contributed by atoms with E-state index in [1.165, 1.54) is 0 Å². The van der Waals surface area contributed by atoms with Crippen molar-refractivity contribution in [3.63, 3.8) is 0 Å². The molecule has 0 aliphatic rings. The summed E-state index contributed by atoms with van der Waals surface area (Å²) in [4.78, 5) is 18.4. The average Bonchev–Trinajstić information content (AvgIpc) is 2.41. The maximum Gasteiger partial charge on any atom is 0.254 e. The zero-order chi connectivity index (χ0) is 15.1. The summed E-state index contributed by atoms with van der Waals surface area (Å²) < 4.78 is 0. The number of carbonyl (C=O) groups is 1. The Balaban J connectivity index is 2.91. The minimum atomic E-state index is -0.0445. The Labute approximate surface area is 125 Å². The Hall–Kier alpha value is -1.33. The van der Waals surface area contributed by atoms with E-state index in [2.05, 4.69) is 17.3 Å². The van der Waals surface area contributed by atoms with Crippen LogP contribution in [0.25, 0.3) is 0 Å². The molecule has 0 unspecified atom stereocenters. The number of hydrazine groups is 1. The van der Waals surface area contributed by atoms with E-state index in [4.69, 9.17) is 17.4 Å². The van der Waals surface area contributed by atoms with Crippen molar-refractivity contribution < 1.29 is 4.79 Å². The minimum Gasteiger partial charge on any atom is -0.336 e. The second-order valence-electron chi connectivity index (χ2n) is 5.01. The molecule has 0 aromatic carbocycles. The molecule has 0 bridgehead atoms. The van der Waals surface area contributed by atoms with Crippen LogP contribution in [0.1, 0.15) is 50.4 Å². The molecule has 0 aliphatic carbocycles. The van der Waals surface area contributed by atoms with Gasteiger partial charge in [0.25, 0.3) is 5.91 Å². The molecule has 5 nitrogen and oxygen atoms in total. The third-order valence-corrected chi connectivity index (χ3v) is 3.27. The van der Waals surface area contributed by atoms with Crippen LogP contribution in [0, 0.1) is 0 Å². The molecule has 1 heterocycles. The molecule has 1 aromatic rings. The molecule has 0 saturated carbocycles. The molecular weight excluding hydrogens is 276 g/mol. The Morgan fingerprint density at radius 3 is 2.70 bits per heavy atom. The molecule has 0 aliphatic heterocycles. The summed E-state index contributed by atoms with van der Waals surface area (Å²) in [5.41, 5.74) is 2.92. The summed E-state index contributed by atoms with van der Waals surface area (Å²) in [6, 6.07) is 3.32. The van der Waals surface area contributed by atoms with E-state index >= 15 is 0 Å². The second kappa shape index (κ2) is 8.07. The molecule has 20 heavy (non-hydrogen) atoms. The van der Waals surface area contributed by atoms with E-state index in [1.54, 1.807) is 12.1 Å². The Bertz CT molecular complexity index is 451. The van der Waals surface area contributed by atoms with Crippen LogP contribution in [0.2, 0.25) is 5.15 Å².